The van der Waals surface area contributed by atoms with Crippen LogP contribution in [0.3, 0.4) is 0 Å². The molecule has 4 rings (SSSR count). The molecule has 0 aliphatic carbocycles. The number of hydrogen-bond donors (Lipinski definition) is 1. The molecule has 0 saturated heterocycles. The van der Waals surface area contributed by atoms with Gasteiger partial charge in [-0.1, -0.05) is 11.3 Å². The van der Waals surface area contributed by atoms with Crippen molar-refractivity contribution in [1.82, 2.24) is 19.9 Å². The maximum Gasteiger partial charge on any atom is 0.388 e. The number of hydrogen-bond acceptors (Lipinski definition) is 8. The second-order valence-electron chi connectivity index (χ2n) is 6.55. The zero-order chi connectivity index (χ0) is 21.4. The summed E-state index contributed by atoms with van der Waals surface area (Å²) in [5.74, 6) is -1.20. The Morgan fingerprint density at radius 1 is 1.13 bits per heavy atom. The van der Waals surface area contributed by atoms with E-state index in [4.69, 9.17) is 4.74 Å². The van der Waals surface area contributed by atoms with Crippen LogP contribution in [0.5, 0.6) is 11.8 Å². The minimum absolute atomic E-state index is 0.0950. The lowest BCUT2D eigenvalue weighted by Crippen LogP contribution is -2.14. The number of aliphatic hydroxyl groups is 1. The molecule has 1 N–H and O–H groups in total. The Morgan fingerprint density at radius 2 is 1.93 bits per heavy atom. The van der Waals surface area contributed by atoms with Gasteiger partial charge in [0.15, 0.2) is 5.82 Å². The van der Waals surface area contributed by atoms with Crippen molar-refractivity contribution in [3.05, 3.63) is 35.8 Å². The van der Waals surface area contributed by atoms with Gasteiger partial charge >= 0.3 is 6.61 Å². The summed E-state index contributed by atoms with van der Waals surface area (Å²) in [6.45, 7) is 0.236. The third kappa shape index (κ3) is 4.12. The molecule has 11 heteroatoms. The van der Waals surface area contributed by atoms with Crippen LogP contribution in [0.1, 0.15) is 12.5 Å². The van der Waals surface area contributed by atoms with Crippen molar-refractivity contribution in [3.8, 4) is 22.3 Å². The van der Waals surface area contributed by atoms with E-state index >= 15 is 0 Å². The number of benzene rings is 1. The lowest BCUT2D eigenvalue weighted by molar-refractivity contribution is -0.0528. The molecule has 30 heavy (non-hydrogen) atoms. The summed E-state index contributed by atoms with van der Waals surface area (Å²) in [4.78, 5) is 17.3. The van der Waals surface area contributed by atoms with Crippen molar-refractivity contribution >= 4 is 32.7 Å². The van der Waals surface area contributed by atoms with E-state index in [0.29, 0.717) is 32.0 Å². The van der Waals surface area contributed by atoms with Crippen LogP contribution in [-0.2, 0) is 0 Å². The van der Waals surface area contributed by atoms with Crippen molar-refractivity contribution in [2.24, 2.45) is 0 Å². The molecule has 3 aromatic heterocycles. The Balaban J connectivity index is 1.79. The van der Waals surface area contributed by atoms with Gasteiger partial charge in [-0.15, -0.1) is 0 Å². The first kappa shape index (κ1) is 20.2. The number of aliphatic hydroxyl groups excluding tert-OH is 1. The maximum atomic E-state index is 14.2. The Morgan fingerprint density at radius 3 is 2.67 bits per heavy atom. The zero-order valence-corrected chi connectivity index (χ0v) is 16.6. The number of nitrogens with zero attached hydrogens (tertiary/aromatic N) is 4. The molecule has 1 atom stereocenters. The molecule has 0 aliphatic rings. The average molecular weight is 436 g/mol. The molecule has 7 nitrogen and oxygen atoms in total. The molecule has 0 fully saturated rings. The number of thiazole rings is 1. The smallest absolute Gasteiger partial charge is 0.388 e. The molecule has 1 aromatic carbocycles. The highest BCUT2D eigenvalue weighted by molar-refractivity contribution is 7.21. The summed E-state index contributed by atoms with van der Waals surface area (Å²) in [6.07, 6.45) is 0.343. The second-order valence-corrected chi connectivity index (χ2v) is 7.52. The van der Waals surface area contributed by atoms with Gasteiger partial charge in [0.1, 0.15) is 22.0 Å². The Labute approximate surface area is 172 Å². The first-order valence-electron chi connectivity index (χ1n) is 8.80. The van der Waals surface area contributed by atoms with Crippen molar-refractivity contribution in [2.75, 3.05) is 6.61 Å². The highest BCUT2D eigenvalue weighted by Crippen LogP contribution is 2.35. The highest BCUT2D eigenvalue weighted by Gasteiger charge is 2.17. The van der Waals surface area contributed by atoms with E-state index in [1.807, 2.05) is 13.0 Å². The molecule has 156 valence electrons. The summed E-state index contributed by atoms with van der Waals surface area (Å²) >= 11 is 1.20. The van der Waals surface area contributed by atoms with E-state index in [9.17, 15) is 18.3 Å². The zero-order valence-electron chi connectivity index (χ0n) is 15.8. The highest BCUT2D eigenvalue weighted by atomic mass is 32.1. The van der Waals surface area contributed by atoms with Gasteiger partial charge in [-0.25, -0.2) is 19.3 Å². The minimum Gasteiger partial charge on any atom is -0.473 e. The number of pyridine rings is 1. The van der Waals surface area contributed by atoms with Gasteiger partial charge in [-0.3, -0.25) is 0 Å². The van der Waals surface area contributed by atoms with E-state index in [0.717, 1.165) is 11.8 Å². The quantitative estimate of drug-likeness (QED) is 0.486. The van der Waals surface area contributed by atoms with Crippen molar-refractivity contribution in [3.63, 3.8) is 0 Å². The summed E-state index contributed by atoms with van der Waals surface area (Å²) < 4.78 is 48.7. The van der Waals surface area contributed by atoms with Gasteiger partial charge in [-0.05, 0) is 31.5 Å². The average Bonchev–Trinajstić information content (AvgIpc) is 3.07. The lowest BCUT2D eigenvalue weighted by Gasteiger charge is -2.07. The van der Waals surface area contributed by atoms with Gasteiger partial charge < -0.3 is 14.6 Å². The monoisotopic (exact) mass is 436 g/mol. The fourth-order valence-corrected chi connectivity index (χ4v) is 3.73. The van der Waals surface area contributed by atoms with E-state index in [2.05, 4.69) is 24.7 Å². The third-order valence-corrected chi connectivity index (χ3v) is 4.97. The van der Waals surface area contributed by atoms with Crippen LogP contribution < -0.4 is 9.47 Å². The molecule has 4 aromatic rings. The van der Waals surface area contributed by atoms with Gasteiger partial charge in [0.2, 0.25) is 5.88 Å². The predicted molar refractivity (Wildman–Crippen MR) is 104 cm³/mol. The Kier molecular flexibility index (Phi) is 5.39. The van der Waals surface area contributed by atoms with E-state index in [-0.39, 0.29) is 18.4 Å². The van der Waals surface area contributed by atoms with Crippen LogP contribution in [0.25, 0.3) is 32.0 Å². The SMILES string of the molecule is Cc1cc(-c2nc3cc(F)c(OCC(C)O)nc3s2)c2ncc(OC(F)F)nc2c1. The first-order chi connectivity index (χ1) is 14.3. The molecule has 1 unspecified atom stereocenters. The fraction of sp³-hybridized carbons (Fsp3) is 0.263. The molecule has 3 heterocycles. The summed E-state index contributed by atoms with van der Waals surface area (Å²) in [5, 5.41) is 9.83. The van der Waals surface area contributed by atoms with E-state index in [1.165, 1.54) is 24.3 Å². The van der Waals surface area contributed by atoms with Crippen molar-refractivity contribution < 1.29 is 27.8 Å². The van der Waals surface area contributed by atoms with E-state index in [1.54, 1.807) is 6.07 Å². The van der Waals surface area contributed by atoms with Crippen LogP contribution in [0, 0.1) is 12.7 Å². The second kappa shape index (κ2) is 8.00. The third-order valence-electron chi connectivity index (χ3n) is 3.98. The molecular formula is C19H15F3N4O3S. The van der Waals surface area contributed by atoms with Gasteiger partial charge in [0.25, 0.3) is 5.88 Å². The lowest BCUT2D eigenvalue weighted by atomic mass is 10.1. The molecule has 0 amide bonds. The molecule has 0 radical (unpaired) electrons. The molecule has 0 spiro atoms. The number of aryl methyl sites for hydroxylation is 1. The number of aromatic nitrogens is 4. The maximum absolute atomic E-state index is 14.2. The van der Waals surface area contributed by atoms with Crippen LogP contribution >= 0.6 is 11.3 Å². The molecule has 0 saturated carbocycles. The fourth-order valence-electron chi connectivity index (χ4n) is 2.80. The van der Waals surface area contributed by atoms with E-state index < -0.39 is 18.5 Å². The Bertz CT molecular complexity index is 1230. The first-order valence-corrected chi connectivity index (χ1v) is 9.62. The predicted octanol–water partition coefficient (Wildman–Crippen LogP) is 4.11. The summed E-state index contributed by atoms with van der Waals surface area (Å²) in [7, 11) is 0. The van der Waals surface area contributed by atoms with Crippen LogP contribution in [-0.4, -0.2) is 44.4 Å². The summed E-state index contributed by atoms with van der Waals surface area (Å²) in [5.41, 5.74) is 2.54. The van der Waals surface area contributed by atoms with Crippen LogP contribution in [0.2, 0.25) is 0 Å². The van der Waals surface area contributed by atoms with Gasteiger partial charge in [0.05, 0.1) is 23.3 Å². The largest absolute Gasteiger partial charge is 0.473 e. The molecule has 0 aliphatic heterocycles. The number of fused-ring (bicyclic) bond motifs is 2. The number of ether oxygens (including phenoxy) is 2. The summed E-state index contributed by atoms with van der Waals surface area (Å²) in [6, 6.07) is 4.72. The van der Waals surface area contributed by atoms with Gasteiger partial charge in [0, 0.05) is 11.6 Å². The Hall–Kier alpha value is -3.05. The minimum atomic E-state index is -3.00. The standard InChI is InChI=1S/C19H15F3N4O3S/c1-8-3-10(15-12(4-8)24-14(6-23-15)29-19(21)22)17-25-13-5-11(20)16(26-18(13)30-17)28-7-9(2)27/h3-6,9,19,27H,7H2,1-2H3. The van der Waals surface area contributed by atoms with Gasteiger partial charge in [-0.2, -0.15) is 13.8 Å². The van der Waals surface area contributed by atoms with Crippen LogP contribution in [0.15, 0.2) is 24.4 Å². The molecule has 0 bridgehead atoms. The van der Waals surface area contributed by atoms with Crippen molar-refractivity contribution in [2.45, 2.75) is 26.6 Å². The topological polar surface area (TPSA) is 90.2 Å². The molecular weight excluding hydrogens is 421 g/mol. The number of rotatable bonds is 6. The van der Waals surface area contributed by atoms with Crippen LogP contribution in [0.4, 0.5) is 13.2 Å². The normalized spacial score (nSPS) is 12.6. The number of alkyl halides is 2. The number of halogens is 3. The van der Waals surface area contributed by atoms with Crippen molar-refractivity contribution in [1.29, 1.82) is 0 Å².